The lowest BCUT2D eigenvalue weighted by Gasteiger charge is -2.35. The Morgan fingerprint density at radius 2 is 2.00 bits per heavy atom. The lowest BCUT2D eigenvalue weighted by molar-refractivity contribution is -0.121. The van der Waals surface area contributed by atoms with Crippen LogP contribution in [0.4, 0.5) is 5.82 Å². The third-order valence-corrected chi connectivity index (χ3v) is 4.69. The Balaban J connectivity index is 1.62. The van der Waals surface area contributed by atoms with Gasteiger partial charge in [-0.05, 0) is 26.8 Å². The Hall–Kier alpha value is -1.40. The maximum Gasteiger partial charge on any atom is 0.242 e. The predicted octanol–water partition coefficient (Wildman–Crippen LogP) is 0.794. The molecule has 3 heterocycles. The van der Waals surface area contributed by atoms with E-state index < -0.39 is 0 Å². The molecule has 2 aliphatic rings. The minimum Gasteiger partial charge on any atom is -0.315 e. The van der Waals surface area contributed by atoms with E-state index in [1.807, 2.05) is 6.92 Å². The second-order valence-electron chi connectivity index (χ2n) is 6.17. The third-order valence-electron chi connectivity index (χ3n) is 4.69. The number of hydrogen-bond donors (Lipinski definition) is 1. The summed E-state index contributed by atoms with van der Waals surface area (Å²) in [6, 6.07) is -0.0894. The maximum absolute atomic E-state index is 12.5. The van der Waals surface area contributed by atoms with Crippen LogP contribution in [0.5, 0.6) is 0 Å². The standard InChI is InChI=1S/C15H25N5O/c1-12(19-9-7-18(2)8-10-19)15(21)17-14-11-16-13-5-3-4-6-20(13)14/h11-12H,3-10H2,1-2H3,(H,17,21)/t12-/m0/s1. The fourth-order valence-electron chi connectivity index (χ4n) is 3.12. The van der Waals surface area contributed by atoms with E-state index in [0.29, 0.717) is 0 Å². The summed E-state index contributed by atoms with van der Waals surface area (Å²) in [4.78, 5) is 21.4. The van der Waals surface area contributed by atoms with Crippen molar-refractivity contribution in [1.29, 1.82) is 0 Å². The van der Waals surface area contributed by atoms with Crippen LogP contribution in [0.3, 0.4) is 0 Å². The molecule has 6 heteroatoms. The van der Waals surface area contributed by atoms with Crippen LogP contribution >= 0.6 is 0 Å². The van der Waals surface area contributed by atoms with Gasteiger partial charge in [0.05, 0.1) is 12.2 Å². The molecule has 0 unspecified atom stereocenters. The van der Waals surface area contributed by atoms with E-state index in [2.05, 4.69) is 31.7 Å². The van der Waals surface area contributed by atoms with Crippen molar-refractivity contribution in [2.75, 3.05) is 38.5 Å². The molecule has 1 aromatic rings. The van der Waals surface area contributed by atoms with Gasteiger partial charge in [-0.2, -0.15) is 0 Å². The molecular weight excluding hydrogens is 266 g/mol. The lowest BCUT2D eigenvalue weighted by Crippen LogP contribution is -2.51. The minimum atomic E-state index is -0.0894. The van der Waals surface area contributed by atoms with E-state index in [9.17, 15) is 4.79 Å². The van der Waals surface area contributed by atoms with Crippen LogP contribution in [0.1, 0.15) is 25.6 Å². The molecule has 1 atom stereocenters. The SMILES string of the molecule is C[C@@H](C(=O)Nc1cnc2n1CCCC2)N1CCN(C)CC1. The molecule has 21 heavy (non-hydrogen) atoms. The summed E-state index contributed by atoms with van der Waals surface area (Å²) >= 11 is 0. The summed E-state index contributed by atoms with van der Waals surface area (Å²) in [7, 11) is 2.13. The first kappa shape index (κ1) is 14.5. The number of rotatable bonds is 3. The van der Waals surface area contributed by atoms with Crippen LogP contribution in [0, 0.1) is 0 Å². The quantitative estimate of drug-likeness (QED) is 0.895. The summed E-state index contributed by atoms with van der Waals surface area (Å²) in [6.07, 6.45) is 5.18. The molecule has 0 saturated carbocycles. The Morgan fingerprint density at radius 3 is 2.76 bits per heavy atom. The monoisotopic (exact) mass is 291 g/mol. The molecule has 0 spiro atoms. The zero-order chi connectivity index (χ0) is 14.8. The highest BCUT2D eigenvalue weighted by Crippen LogP contribution is 2.20. The van der Waals surface area contributed by atoms with E-state index in [4.69, 9.17) is 0 Å². The molecule has 3 rings (SSSR count). The van der Waals surface area contributed by atoms with Gasteiger partial charge in [0, 0.05) is 39.1 Å². The van der Waals surface area contributed by atoms with Gasteiger partial charge < -0.3 is 14.8 Å². The van der Waals surface area contributed by atoms with Crippen molar-refractivity contribution in [1.82, 2.24) is 19.4 Å². The van der Waals surface area contributed by atoms with Crippen LogP contribution in [0.15, 0.2) is 6.20 Å². The normalized spacial score (nSPS) is 21.8. The van der Waals surface area contributed by atoms with Crippen LogP contribution in [-0.4, -0.2) is 64.5 Å². The molecule has 1 saturated heterocycles. The first-order valence-corrected chi connectivity index (χ1v) is 7.93. The minimum absolute atomic E-state index is 0.0767. The number of anilines is 1. The summed E-state index contributed by atoms with van der Waals surface area (Å²) in [5.74, 6) is 2.03. The van der Waals surface area contributed by atoms with Crippen molar-refractivity contribution < 1.29 is 4.79 Å². The number of carbonyl (C=O) groups excluding carboxylic acids is 1. The first-order valence-electron chi connectivity index (χ1n) is 7.93. The number of fused-ring (bicyclic) bond motifs is 1. The Kier molecular flexibility index (Phi) is 4.26. The van der Waals surface area contributed by atoms with Gasteiger partial charge in [0.2, 0.25) is 5.91 Å². The molecule has 1 amide bonds. The van der Waals surface area contributed by atoms with Crippen LogP contribution in [-0.2, 0) is 17.8 Å². The number of imidazole rings is 1. The zero-order valence-electron chi connectivity index (χ0n) is 13.0. The molecule has 1 fully saturated rings. The maximum atomic E-state index is 12.5. The average molecular weight is 291 g/mol. The highest BCUT2D eigenvalue weighted by atomic mass is 16.2. The van der Waals surface area contributed by atoms with Crippen molar-refractivity contribution in [3.63, 3.8) is 0 Å². The molecule has 0 aliphatic carbocycles. The van der Waals surface area contributed by atoms with Gasteiger partial charge in [0.15, 0.2) is 0 Å². The number of carbonyl (C=O) groups is 1. The zero-order valence-corrected chi connectivity index (χ0v) is 13.0. The molecule has 116 valence electrons. The summed E-state index contributed by atoms with van der Waals surface area (Å²) < 4.78 is 2.15. The predicted molar refractivity (Wildman–Crippen MR) is 82.3 cm³/mol. The van der Waals surface area contributed by atoms with Crippen molar-refractivity contribution in [2.24, 2.45) is 0 Å². The van der Waals surface area contributed by atoms with Crippen molar-refractivity contribution in [3.05, 3.63) is 12.0 Å². The molecule has 6 nitrogen and oxygen atoms in total. The smallest absolute Gasteiger partial charge is 0.242 e. The van der Waals surface area contributed by atoms with Gasteiger partial charge in [-0.25, -0.2) is 4.98 Å². The summed E-state index contributed by atoms with van der Waals surface area (Å²) in [6.45, 7) is 6.92. The van der Waals surface area contributed by atoms with E-state index in [1.165, 1.54) is 12.8 Å². The fraction of sp³-hybridized carbons (Fsp3) is 0.733. The van der Waals surface area contributed by atoms with Gasteiger partial charge in [0.1, 0.15) is 11.6 Å². The van der Waals surface area contributed by atoms with Gasteiger partial charge >= 0.3 is 0 Å². The second-order valence-corrected chi connectivity index (χ2v) is 6.17. The van der Waals surface area contributed by atoms with Crippen LogP contribution < -0.4 is 5.32 Å². The summed E-state index contributed by atoms with van der Waals surface area (Å²) in [5.41, 5.74) is 0. The van der Waals surface area contributed by atoms with Gasteiger partial charge in [-0.3, -0.25) is 9.69 Å². The fourth-order valence-corrected chi connectivity index (χ4v) is 3.12. The number of hydrogen-bond acceptors (Lipinski definition) is 4. The second kappa shape index (κ2) is 6.15. The lowest BCUT2D eigenvalue weighted by atomic mass is 10.2. The largest absolute Gasteiger partial charge is 0.315 e. The van der Waals surface area contributed by atoms with E-state index in [-0.39, 0.29) is 11.9 Å². The molecule has 2 aliphatic heterocycles. The van der Waals surface area contributed by atoms with E-state index in [0.717, 1.165) is 50.8 Å². The number of likely N-dealkylation sites (N-methyl/N-ethyl adjacent to an activating group) is 1. The van der Waals surface area contributed by atoms with E-state index >= 15 is 0 Å². The van der Waals surface area contributed by atoms with Gasteiger partial charge in [-0.1, -0.05) is 0 Å². The topological polar surface area (TPSA) is 53.4 Å². The third kappa shape index (κ3) is 3.11. The number of nitrogens with one attached hydrogen (secondary N) is 1. The van der Waals surface area contributed by atoms with Crippen molar-refractivity contribution in [3.8, 4) is 0 Å². The van der Waals surface area contributed by atoms with Crippen molar-refractivity contribution >= 4 is 11.7 Å². The molecule has 1 aromatic heterocycles. The molecule has 0 radical (unpaired) electrons. The Bertz CT molecular complexity index is 504. The Morgan fingerprint density at radius 1 is 1.24 bits per heavy atom. The van der Waals surface area contributed by atoms with Gasteiger partial charge in [0.25, 0.3) is 0 Å². The molecule has 1 N–H and O–H groups in total. The highest BCUT2D eigenvalue weighted by molar-refractivity contribution is 5.93. The average Bonchev–Trinajstić information content (AvgIpc) is 2.91. The number of piperazine rings is 1. The number of aromatic nitrogens is 2. The summed E-state index contributed by atoms with van der Waals surface area (Å²) in [5, 5.41) is 3.06. The number of aryl methyl sites for hydroxylation is 1. The number of amides is 1. The van der Waals surface area contributed by atoms with Crippen LogP contribution in [0.25, 0.3) is 0 Å². The van der Waals surface area contributed by atoms with Crippen LogP contribution in [0.2, 0.25) is 0 Å². The van der Waals surface area contributed by atoms with E-state index in [1.54, 1.807) is 6.20 Å². The molecule has 0 aromatic carbocycles. The van der Waals surface area contributed by atoms with Gasteiger partial charge in [-0.15, -0.1) is 0 Å². The first-order chi connectivity index (χ1) is 10.1. The number of nitrogens with zero attached hydrogens (tertiary/aromatic N) is 4. The van der Waals surface area contributed by atoms with Crippen molar-refractivity contribution in [2.45, 2.75) is 38.8 Å². The molecular formula is C15H25N5O. The molecule has 0 bridgehead atoms. The Labute approximate surface area is 126 Å². The highest BCUT2D eigenvalue weighted by Gasteiger charge is 2.25.